The maximum absolute atomic E-state index is 5.87. The van der Waals surface area contributed by atoms with Gasteiger partial charge in [-0.2, -0.15) is 0 Å². The monoisotopic (exact) mass is 331 g/mol. The van der Waals surface area contributed by atoms with Crippen molar-refractivity contribution in [2.45, 2.75) is 12.6 Å². The van der Waals surface area contributed by atoms with Crippen molar-refractivity contribution in [2.75, 3.05) is 33.1 Å². The van der Waals surface area contributed by atoms with Crippen LogP contribution < -0.4 is 14.2 Å². The Labute approximate surface area is 140 Å². The first-order valence-electron chi connectivity index (χ1n) is 8.10. The first-order chi connectivity index (χ1) is 11.8. The highest BCUT2D eigenvalue weighted by Crippen LogP contribution is 2.35. The lowest BCUT2D eigenvalue weighted by Crippen LogP contribution is -2.44. The molecule has 4 rings (SSSR count). The van der Waals surface area contributed by atoms with Gasteiger partial charge in [0.15, 0.2) is 11.5 Å². The molecular formula is C17H21N3O4. The highest BCUT2D eigenvalue weighted by molar-refractivity contribution is 5.46. The molecule has 7 nitrogen and oxygen atoms in total. The maximum atomic E-state index is 5.87. The molecular weight excluding hydrogens is 310 g/mol. The van der Waals surface area contributed by atoms with Crippen molar-refractivity contribution in [1.82, 2.24) is 14.5 Å². The molecule has 3 heterocycles. The number of rotatable bonds is 5. The van der Waals surface area contributed by atoms with Crippen molar-refractivity contribution in [3.63, 3.8) is 0 Å². The molecule has 1 saturated heterocycles. The van der Waals surface area contributed by atoms with Gasteiger partial charge in [0, 0.05) is 38.6 Å². The number of nitrogens with zero attached hydrogens (tertiary/aromatic N) is 3. The van der Waals surface area contributed by atoms with E-state index in [-0.39, 0.29) is 12.9 Å². The van der Waals surface area contributed by atoms with Crippen molar-refractivity contribution < 1.29 is 18.9 Å². The van der Waals surface area contributed by atoms with Gasteiger partial charge in [0.05, 0.1) is 13.2 Å². The second-order valence-electron chi connectivity index (χ2n) is 6.01. The van der Waals surface area contributed by atoms with E-state index in [2.05, 4.69) is 9.88 Å². The molecule has 2 aromatic rings. The van der Waals surface area contributed by atoms with Crippen molar-refractivity contribution in [1.29, 1.82) is 0 Å². The minimum Gasteiger partial charge on any atom is -0.491 e. The molecule has 1 atom stereocenters. The molecule has 1 aromatic carbocycles. The van der Waals surface area contributed by atoms with Gasteiger partial charge < -0.3 is 23.5 Å². The molecule has 2 aliphatic rings. The normalized spacial score (nSPS) is 20.3. The summed E-state index contributed by atoms with van der Waals surface area (Å²) in [7, 11) is 2.02. The number of benzene rings is 1. The molecule has 0 amide bonds. The van der Waals surface area contributed by atoms with E-state index in [9.17, 15) is 0 Å². The van der Waals surface area contributed by atoms with E-state index in [1.54, 1.807) is 0 Å². The van der Waals surface area contributed by atoms with Crippen LogP contribution in [-0.4, -0.2) is 53.7 Å². The predicted octanol–water partition coefficient (Wildman–Crippen LogP) is 1.43. The Balaban J connectivity index is 1.31. The van der Waals surface area contributed by atoms with Crippen molar-refractivity contribution in [3.05, 3.63) is 36.4 Å². The third-order valence-electron chi connectivity index (χ3n) is 4.29. The van der Waals surface area contributed by atoms with Crippen LogP contribution >= 0.6 is 0 Å². The lowest BCUT2D eigenvalue weighted by atomic mass is 10.2. The van der Waals surface area contributed by atoms with Gasteiger partial charge in [0.2, 0.25) is 6.79 Å². The second kappa shape index (κ2) is 6.70. The highest BCUT2D eigenvalue weighted by atomic mass is 16.7. The molecule has 24 heavy (non-hydrogen) atoms. The molecule has 2 aliphatic heterocycles. The van der Waals surface area contributed by atoms with Gasteiger partial charge in [-0.05, 0) is 12.1 Å². The fraction of sp³-hybridized carbons (Fsp3) is 0.471. The first-order valence-corrected chi connectivity index (χ1v) is 8.10. The number of aryl methyl sites for hydroxylation is 1. The summed E-state index contributed by atoms with van der Waals surface area (Å²) in [5.41, 5.74) is 0. The number of fused-ring (bicyclic) bond motifs is 1. The van der Waals surface area contributed by atoms with Crippen LogP contribution in [0.1, 0.15) is 5.82 Å². The van der Waals surface area contributed by atoms with E-state index in [1.165, 1.54) is 0 Å². The maximum Gasteiger partial charge on any atom is 0.231 e. The van der Waals surface area contributed by atoms with Gasteiger partial charge >= 0.3 is 0 Å². The summed E-state index contributed by atoms with van der Waals surface area (Å²) in [6.07, 6.45) is 3.84. The standard InChI is InChI=1S/C17H21N3O4/c1-19-5-4-18-17(19)10-20-6-7-21-14(9-20)11-22-13-2-3-15-16(8-13)24-12-23-15/h2-5,8,14H,6-7,9-12H2,1H3. The fourth-order valence-corrected chi connectivity index (χ4v) is 2.93. The van der Waals surface area contributed by atoms with E-state index >= 15 is 0 Å². The van der Waals surface area contributed by atoms with Gasteiger partial charge in [0.1, 0.15) is 24.3 Å². The third-order valence-corrected chi connectivity index (χ3v) is 4.29. The Hall–Kier alpha value is -2.25. The van der Waals surface area contributed by atoms with Crippen molar-refractivity contribution in [3.8, 4) is 17.2 Å². The Kier molecular flexibility index (Phi) is 4.27. The Morgan fingerprint density at radius 3 is 3.08 bits per heavy atom. The lowest BCUT2D eigenvalue weighted by molar-refractivity contribution is -0.0512. The molecule has 0 aliphatic carbocycles. The number of morpholine rings is 1. The largest absolute Gasteiger partial charge is 0.491 e. The van der Waals surface area contributed by atoms with Gasteiger partial charge in [-0.1, -0.05) is 0 Å². The van der Waals surface area contributed by atoms with Crippen LogP contribution in [0.2, 0.25) is 0 Å². The number of ether oxygens (including phenoxy) is 4. The molecule has 0 N–H and O–H groups in total. The summed E-state index contributed by atoms with van der Waals surface area (Å²) in [6.45, 7) is 4.06. The van der Waals surface area contributed by atoms with Crippen molar-refractivity contribution in [2.24, 2.45) is 7.05 Å². The first kappa shape index (κ1) is 15.3. The number of hydrogen-bond acceptors (Lipinski definition) is 6. The van der Waals surface area contributed by atoms with Crippen LogP contribution in [0.4, 0.5) is 0 Å². The Morgan fingerprint density at radius 2 is 2.21 bits per heavy atom. The van der Waals surface area contributed by atoms with Crippen LogP contribution in [0, 0.1) is 0 Å². The molecule has 0 spiro atoms. The minimum atomic E-state index is 0.0458. The molecule has 1 unspecified atom stereocenters. The van der Waals surface area contributed by atoms with E-state index in [0.717, 1.165) is 42.7 Å². The molecule has 0 bridgehead atoms. The summed E-state index contributed by atoms with van der Waals surface area (Å²) in [5, 5.41) is 0. The summed E-state index contributed by atoms with van der Waals surface area (Å²) in [6, 6.07) is 5.62. The van der Waals surface area contributed by atoms with Gasteiger partial charge in [0.25, 0.3) is 0 Å². The average molecular weight is 331 g/mol. The van der Waals surface area contributed by atoms with Gasteiger partial charge in [-0.15, -0.1) is 0 Å². The summed E-state index contributed by atoms with van der Waals surface area (Å²) < 4.78 is 24.4. The van der Waals surface area contributed by atoms with Crippen LogP contribution in [0.25, 0.3) is 0 Å². The second-order valence-corrected chi connectivity index (χ2v) is 6.01. The van der Waals surface area contributed by atoms with E-state index in [4.69, 9.17) is 18.9 Å². The third kappa shape index (κ3) is 3.32. The minimum absolute atomic E-state index is 0.0458. The summed E-state index contributed by atoms with van der Waals surface area (Å²) in [5.74, 6) is 3.32. The van der Waals surface area contributed by atoms with Gasteiger partial charge in [-0.3, -0.25) is 4.90 Å². The topological polar surface area (TPSA) is 58.0 Å². The van der Waals surface area contributed by atoms with Crippen molar-refractivity contribution >= 4 is 0 Å². The zero-order valence-corrected chi connectivity index (χ0v) is 13.7. The highest BCUT2D eigenvalue weighted by Gasteiger charge is 2.22. The number of aromatic nitrogens is 2. The van der Waals surface area contributed by atoms with Crippen LogP contribution in [-0.2, 0) is 18.3 Å². The Morgan fingerprint density at radius 1 is 1.29 bits per heavy atom. The molecule has 1 aromatic heterocycles. The number of imidazole rings is 1. The van der Waals surface area contributed by atoms with E-state index < -0.39 is 0 Å². The molecule has 128 valence electrons. The Bertz CT molecular complexity index is 703. The van der Waals surface area contributed by atoms with E-state index in [1.807, 2.05) is 42.2 Å². The number of hydrogen-bond donors (Lipinski definition) is 0. The van der Waals surface area contributed by atoms with Crippen LogP contribution in [0.5, 0.6) is 17.2 Å². The zero-order chi connectivity index (χ0) is 16.4. The smallest absolute Gasteiger partial charge is 0.231 e. The molecule has 7 heteroatoms. The van der Waals surface area contributed by atoms with Gasteiger partial charge in [-0.25, -0.2) is 4.98 Å². The fourth-order valence-electron chi connectivity index (χ4n) is 2.93. The quantitative estimate of drug-likeness (QED) is 0.826. The summed E-state index contributed by atoms with van der Waals surface area (Å²) in [4.78, 5) is 6.73. The average Bonchev–Trinajstić information content (AvgIpc) is 3.22. The van der Waals surface area contributed by atoms with E-state index in [0.29, 0.717) is 13.2 Å². The summed E-state index contributed by atoms with van der Waals surface area (Å²) >= 11 is 0. The predicted molar refractivity (Wildman–Crippen MR) is 86.3 cm³/mol. The van der Waals surface area contributed by atoms with Crippen LogP contribution in [0.15, 0.2) is 30.6 Å². The molecule has 0 saturated carbocycles. The zero-order valence-electron chi connectivity index (χ0n) is 13.7. The SMILES string of the molecule is Cn1ccnc1CN1CCOC(COc2ccc3c(c2)OCO3)C1. The lowest BCUT2D eigenvalue weighted by Gasteiger charge is -2.32. The molecule has 1 fully saturated rings. The van der Waals surface area contributed by atoms with Crippen LogP contribution in [0.3, 0.4) is 0 Å². The molecule has 0 radical (unpaired) electrons.